The molecule has 0 saturated heterocycles. The molecule has 0 fully saturated rings. The Kier molecular flexibility index (Phi) is 4.12. The number of rotatable bonds is 4. The van der Waals surface area contributed by atoms with E-state index >= 15 is 0 Å². The summed E-state index contributed by atoms with van der Waals surface area (Å²) >= 11 is 0. The van der Waals surface area contributed by atoms with E-state index in [1.54, 1.807) is 26.8 Å². The molecular weight excluding hydrogens is 209 g/mol. The van der Waals surface area contributed by atoms with Crippen LogP contribution in [-0.2, 0) is 0 Å². The van der Waals surface area contributed by atoms with Gasteiger partial charge in [-0.25, -0.2) is 4.39 Å². The number of benzene rings is 1. The van der Waals surface area contributed by atoms with E-state index in [-0.39, 0.29) is 11.3 Å². The van der Waals surface area contributed by atoms with Gasteiger partial charge in [-0.15, -0.1) is 0 Å². The fraction of sp³-hybridized carbons (Fsp3) is 0.417. The number of hydrogen-bond donors (Lipinski definition) is 0. The van der Waals surface area contributed by atoms with E-state index in [2.05, 4.69) is 0 Å². The van der Waals surface area contributed by atoms with Gasteiger partial charge in [0.15, 0.2) is 17.3 Å². The van der Waals surface area contributed by atoms with Gasteiger partial charge in [0, 0.05) is 0 Å². The zero-order valence-electron chi connectivity index (χ0n) is 9.63. The van der Waals surface area contributed by atoms with Crippen molar-refractivity contribution in [1.82, 2.24) is 0 Å². The largest absolute Gasteiger partial charge is 0.490 e. The van der Waals surface area contributed by atoms with Gasteiger partial charge in [0.05, 0.1) is 18.8 Å². The highest BCUT2D eigenvalue weighted by Crippen LogP contribution is 2.34. The van der Waals surface area contributed by atoms with Crippen molar-refractivity contribution >= 4 is 0 Å². The number of aryl methyl sites for hydroxylation is 1. The average molecular weight is 223 g/mol. The standard InChI is InChI=1S/C12H14FNO2/c1-4-15-10-6-8(3)9(7-14)11(13)12(10)16-5-2/h6H,4-5H2,1-3H3. The quantitative estimate of drug-likeness (QED) is 0.788. The number of nitrogens with zero attached hydrogens (tertiary/aromatic N) is 1. The summed E-state index contributed by atoms with van der Waals surface area (Å²) in [7, 11) is 0. The third-order valence-electron chi connectivity index (χ3n) is 2.08. The van der Waals surface area contributed by atoms with Gasteiger partial charge in [0.1, 0.15) is 6.07 Å². The molecule has 1 aromatic rings. The highest BCUT2D eigenvalue weighted by Gasteiger charge is 2.18. The number of ether oxygens (including phenoxy) is 2. The van der Waals surface area contributed by atoms with Crippen molar-refractivity contribution in [1.29, 1.82) is 5.26 Å². The fourth-order valence-corrected chi connectivity index (χ4v) is 1.41. The highest BCUT2D eigenvalue weighted by atomic mass is 19.1. The Morgan fingerprint density at radius 2 is 1.94 bits per heavy atom. The van der Waals surface area contributed by atoms with Gasteiger partial charge in [-0.2, -0.15) is 5.26 Å². The van der Waals surface area contributed by atoms with Gasteiger partial charge in [0.2, 0.25) is 0 Å². The summed E-state index contributed by atoms with van der Waals surface area (Å²) in [5.41, 5.74) is 0.554. The first-order chi connectivity index (χ1) is 7.65. The summed E-state index contributed by atoms with van der Waals surface area (Å²) in [6.07, 6.45) is 0. The predicted molar refractivity (Wildman–Crippen MR) is 58.2 cm³/mol. The second-order valence-corrected chi connectivity index (χ2v) is 3.19. The lowest BCUT2D eigenvalue weighted by molar-refractivity contribution is 0.275. The summed E-state index contributed by atoms with van der Waals surface area (Å²) in [6, 6.07) is 3.44. The van der Waals surface area contributed by atoms with Crippen molar-refractivity contribution in [2.45, 2.75) is 20.8 Å². The molecule has 0 aliphatic carbocycles. The van der Waals surface area contributed by atoms with Crippen LogP contribution in [0.2, 0.25) is 0 Å². The Morgan fingerprint density at radius 3 is 2.44 bits per heavy atom. The Balaban J connectivity index is 3.34. The van der Waals surface area contributed by atoms with Crippen molar-refractivity contribution in [3.63, 3.8) is 0 Å². The van der Waals surface area contributed by atoms with E-state index in [1.165, 1.54) is 0 Å². The Hall–Kier alpha value is -1.76. The van der Waals surface area contributed by atoms with E-state index in [1.807, 2.05) is 6.07 Å². The molecule has 86 valence electrons. The van der Waals surface area contributed by atoms with Crippen LogP contribution in [0.4, 0.5) is 4.39 Å². The molecule has 0 aliphatic heterocycles. The molecule has 0 unspecified atom stereocenters. The SMILES string of the molecule is CCOc1cc(C)c(C#N)c(F)c1OCC. The number of halogens is 1. The smallest absolute Gasteiger partial charge is 0.198 e. The second kappa shape index (κ2) is 5.36. The lowest BCUT2D eigenvalue weighted by Crippen LogP contribution is -2.03. The maximum Gasteiger partial charge on any atom is 0.198 e. The van der Waals surface area contributed by atoms with E-state index in [0.717, 1.165) is 0 Å². The molecule has 1 rings (SSSR count). The van der Waals surface area contributed by atoms with E-state index in [0.29, 0.717) is 24.5 Å². The maximum atomic E-state index is 13.9. The summed E-state index contributed by atoms with van der Waals surface area (Å²) < 4.78 is 24.3. The Labute approximate surface area is 94.4 Å². The summed E-state index contributed by atoms with van der Waals surface area (Å²) in [5.74, 6) is -0.280. The second-order valence-electron chi connectivity index (χ2n) is 3.19. The molecule has 0 aromatic heterocycles. The van der Waals surface area contributed by atoms with Gasteiger partial charge in [0.25, 0.3) is 0 Å². The predicted octanol–water partition coefficient (Wildman–Crippen LogP) is 2.80. The van der Waals surface area contributed by atoms with E-state index in [9.17, 15) is 4.39 Å². The zero-order chi connectivity index (χ0) is 12.1. The van der Waals surface area contributed by atoms with Crippen molar-refractivity contribution in [2.75, 3.05) is 13.2 Å². The van der Waals surface area contributed by atoms with Crippen LogP contribution in [-0.4, -0.2) is 13.2 Å². The Morgan fingerprint density at radius 1 is 1.31 bits per heavy atom. The molecule has 3 nitrogen and oxygen atoms in total. The first-order valence-corrected chi connectivity index (χ1v) is 5.14. The van der Waals surface area contributed by atoms with E-state index < -0.39 is 5.82 Å². The van der Waals surface area contributed by atoms with Crippen LogP contribution < -0.4 is 9.47 Å². The topological polar surface area (TPSA) is 42.2 Å². The molecule has 0 spiro atoms. The molecule has 0 radical (unpaired) electrons. The minimum atomic E-state index is -0.646. The molecule has 0 heterocycles. The number of nitriles is 1. The summed E-state index contributed by atoms with van der Waals surface area (Å²) in [4.78, 5) is 0. The molecule has 16 heavy (non-hydrogen) atoms. The van der Waals surface area contributed by atoms with Gasteiger partial charge in [-0.3, -0.25) is 0 Å². The van der Waals surface area contributed by atoms with Crippen molar-refractivity contribution in [3.05, 3.63) is 23.0 Å². The lowest BCUT2D eigenvalue weighted by Gasteiger charge is -2.13. The highest BCUT2D eigenvalue weighted by molar-refractivity contribution is 5.52. The molecule has 0 bridgehead atoms. The van der Waals surface area contributed by atoms with Crippen molar-refractivity contribution < 1.29 is 13.9 Å². The third kappa shape index (κ3) is 2.25. The van der Waals surface area contributed by atoms with Crippen LogP contribution in [0, 0.1) is 24.1 Å². The zero-order valence-corrected chi connectivity index (χ0v) is 9.63. The van der Waals surface area contributed by atoms with Crippen molar-refractivity contribution in [3.8, 4) is 17.6 Å². The minimum Gasteiger partial charge on any atom is -0.490 e. The van der Waals surface area contributed by atoms with Crippen LogP contribution in [0.5, 0.6) is 11.5 Å². The molecule has 0 saturated carbocycles. The molecule has 1 aromatic carbocycles. The van der Waals surface area contributed by atoms with Gasteiger partial charge in [-0.1, -0.05) is 0 Å². The molecule has 0 amide bonds. The van der Waals surface area contributed by atoms with Crippen LogP contribution in [0.25, 0.3) is 0 Å². The van der Waals surface area contributed by atoms with Crippen LogP contribution in [0.3, 0.4) is 0 Å². The first kappa shape index (κ1) is 12.3. The lowest BCUT2D eigenvalue weighted by atomic mass is 10.1. The van der Waals surface area contributed by atoms with Gasteiger partial charge >= 0.3 is 0 Å². The molecule has 4 heteroatoms. The monoisotopic (exact) mass is 223 g/mol. The fourth-order valence-electron chi connectivity index (χ4n) is 1.41. The van der Waals surface area contributed by atoms with Gasteiger partial charge in [-0.05, 0) is 32.4 Å². The first-order valence-electron chi connectivity index (χ1n) is 5.14. The molecule has 0 N–H and O–H groups in total. The molecular formula is C12H14FNO2. The van der Waals surface area contributed by atoms with Gasteiger partial charge < -0.3 is 9.47 Å². The Bertz CT molecular complexity index is 424. The van der Waals surface area contributed by atoms with Crippen molar-refractivity contribution in [2.24, 2.45) is 0 Å². The maximum absolute atomic E-state index is 13.9. The summed E-state index contributed by atoms with van der Waals surface area (Å²) in [5, 5.41) is 8.83. The normalized spacial score (nSPS) is 9.69. The van der Waals surface area contributed by atoms with Crippen LogP contribution in [0.15, 0.2) is 6.07 Å². The van der Waals surface area contributed by atoms with Crippen LogP contribution in [0.1, 0.15) is 25.0 Å². The molecule has 0 aliphatic rings. The molecule has 0 atom stereocenters. The minimum absolute atomic E-state index is 0.00639. The van der Waals surface area contributed by atoms with E-state index in [4.69, 9.17) is 14.7 Å². The average Bonchev–Trinajstić information content (AvgIpc) is 2.24. The summed E-state index contributed by atoms with van der Waals surface area (Å²) in [6.45, 7) is 5.97. The number of hydrogen-bond acceptors (Lipinski definition) is 3. The third-order valence-corrected chi connectivity index (χ3v) is 2.08. The van der Waals surface area contributed by atoms with Crippen LogP contribution >= 0.6 is 0 Å².